The van der Waals surface area contributed by atoms with Gasteiger partial charge in [0.15, 0.2) is 16.3 Å². The van der Waals surface area contributed by atoms with Crippen molar-refractivity contribution in [3.05, 3.63) is 89.1 Å². The van der Waals surface area contributed by atoms with Crippen LogP contribution in [0.4, 0.5) is 0 Å². The van der Waals surface area contributed by atoms with Gasteiger partial charge in [-0.25, -0.2) is 9.79 Å². The van der Waals surface area contributed by atoms with E-state index >= 15 is 0 Å². The van der Waals surface area contributed by atoms with E-state index < -0.39 is 12.0 Å². The first-order valence-electron chi connectivity index (χ1n) is 10.7. The molecule has 0 radical (unpaired) electrons. The lowest BCUT2D eigenvalue weighted by molar-refractivity contribution is -0.139. The normalized spacial score (nSPS) is 16.9. The highest BCUT2D eigenvalue weighted by Crippen LogP contribution is 2.35. The Labute approximate surface area is 204 Å². The van der Waals surface area contributed by atoms with Gasteiger partial charge in [-0.3, -0.25) is 9.36 Å². The Morgan fingerprint density at radius 3 is 2.65 bits per heavy atom. The highest BCUT2D eigenvalue weighted by Gasteiger charge is 2.33. The number of aryl methyl sites for hydroxylation is 1. The molecule has 9 heteroatoms. The van der Waals surface area contributed by atoms with Crippen molar-refractivity contribution in [1.82, 2.24) is 4.57 Å². The van der Waals surface area contributed by atoms with Crippen LogP contribution in [0.15, 0.2) is 57.5 Å². The molecule has 3 aromatic rings. The van der Waals surface area contributed by atoms with Crippen LogP contribution in [0.2, 0.25) is 5.02 Å². The van der Waals surface area contributed by atoms with Gasteiger partial charge in [0.25, 0.3) is 5.56 Å². The molecule has 0 bridgehead atoms. The standard InChI is InChI=1S/C25H21ClN2O5S/c1-4-31-24(30)21-14(3)27-25-28(22(21)15-5-7-17(26)8-6-15)23(29)20(34-25)11-16-10-19-18(9-13(16)2)32-12-33-19/h5-11,22H,4,12H2,1-3H3/b20-11+. The minimum Gasteiger partial charge on any atom is -0.463 e. The van der Waals surface area contributed by atoms with Crippen molar-refractivity contribution in [2.24, 2.45) is 4.99 Å². The zero-order valence-electron chi connectivity index (χ0n) is 18.8. The summed E-state index contributed by atoms with van der Waals surface area (Å²) in [4.78, 5) is 31.7. The Morgan fingerprint density at radius 1 is 1.24 bits per heavy atom. The molecule has 0 saturated carbocycles. The van der Waals surface area contributed by atoms with Crippen molar-refractivity contribution < 1.29 is 19.0 Å². The molecule has 1 aromatic heterocycles. The third-order valence-corrected chi connectivity index (χ3v) is 6.99. The topological polar surface area (TPSA) is 79.1 Å². The van der Waals surface area contributed by atoms with Crippen molar-refractivity contribution in [3.63, 3.8) is 0 Å². The summed E-state index contributed by atoms with van der Waals surface area (Å²) in [5.74, 6) is 0.835. The summed E-state index contributed by atoms with van der Waals surface area (Å²) in [6.45, 7) is 5.85. The maximum absolute atomic E-state index is 13.7. The molecule has 3 heterocycles. The van der Waals surface area contributed by atoms with Gasteiger partial charge < -0.3 is 14.2 Å². The predicted molar refractivity (Wildman–Crippen MR) is 129 cm³/mol. The summed E-state index contributed by atoms with van der Waals surface area (Å²) in [6.07, 6.45) is 1.82. The van der Waals surface area contributed by atoms with E-state index in [9.17, 15) is 9.59 Å². The van der Waals surface area contributed by atoms with Crippen LogP contribution in [0.1, 0.15) is 36.6 Å². The Kier molecular flexibility index (Phi) is 5.79. The molecular weight excluding hydrogens is 476 g/mol. The fourth-order valence-electron chi connectivity index (χ4n) is 4.11. The van der Waals surface area contributed by atoms with Crippen LogP contribution in [-0.4, -0.2) is 23.9 Å². The van der Waals surface area contributed by atoms with Crippen molar-refractivity contribution in [2.75, 3.05) is 13.4 Å². The quantitative estimate of drug-likeness (QED) is 0.517. The Hall–Kier alpha value is -3.36. The summed E-state index contributed by atoms with van der Waals surface area (Å²) in [6, 6.07) is 10.2. The number of ether oxygens (including phenoxy) is 3. The molecule has 2 aliphatic heterocycles. The van der Waals surface area contributed by atoms with Crippen LogP contribution in [-0.2, 0) is 9.53 Å². The highest BCUT2D eigenvalue weighted by atomic mass is 35.5. The number of aromatic nitrogens is 1. The van der Waals surface area contributed by atoms with Gasteiger partial charge in [-0.1, -0.05) is 35.1 Å². The first kappa shape index (κ1) is 22.4. The zero-order valence-corrected chi connectivity index (χ0v) is 20.3. The fraction of sp³-hybridized carbons (Fsp3) is 0.240. The van der Waals surface area contributed by atoms with E-state index in [0.29, 0.717) is 37.1 Å². The monoisotopic (exact) mass is 496 g/mol. The second-order valence-electron chi connectivity index (χ2n) is 7.92. The van der Waals surface area contributed by atoms with E-state index in [2.05, 4.69) is 4.99 Å². The summed E-state index contributed by atoms with van der Waals surface area (Å²) < 4.78 is 18.3. The number of thiazole rings is 1. The van der Waals surface area contributed by atoms with E-state index in [4.69, 9.17) is 25.8 Å². The van der Waals surface area contributed by atoms with Crippen molar-refractivity contribution in [3.8, 4) is 11.5 Å². The number of hydrogen-bond acceptors (Lipinski definition) is 7. The van der Waals surface area contributed by atoms with Gasteiger partial charge in [-0.2, -0.15) is 0 Å². The number of esters is 1. The van der Waals surface area contributed by atoms with E-state index in [1.165, 1.54) is 11.3 Å². The van der Waals surface area contributed by atoms with Crippen LogP contribution in [0.25, 0.3) is 6.08 Å². The lowest BCUT2D eigenvalue weighted by Crippen LogP contribution is -2.39. The van der Waals surface area contributed by atoms with Crippen LogP contribution < -0.4 is 24.4 Å². The van der Waals surface area contributed by atoms with Crippen LogP contribution in [0.5, 0.6) is 11.5 Å². The third kappa shape index (κ3) is 3.82. The summed E-state index contributed by atoms with van der Waals surface area (Å²) in [7, 11) is 0. The van der Waals surface area contributed by atoms with E-state index in [-0.39, 0.29) is 19.0 Å². The predicted octanol–water partition coefficient (Wildman–Crippen LogP) is 3.49. The minimum absolute atomic E-state index is 0.178. The van der Waals surface area contributed by atoms with Gasteiger partial charge in [0, 0.05) is 5.02 Å². The average Bonchev–Trinajstić information content (AvgIpc) is 3.37. The number of carbonyl (C=O) groups is 1. The van der Waals surface area contributed by atoms with Crippen molar-refractivity contribution in [2.45, 2.75) is 26.8 Å². The van der Waals surface area contributed by atoms with Gasteiger partial charge in [0.2, 0.25) is 6.79 Å². The highest BCUT2D eigenvalue weighted by molar-refractivity contribution is 7.07. The molecule has 7 nitrogen and oxygen atoms in total. The largest absolute Gasteiger partial charge is 0.463 e. The van der Waals surface area contributed by atoms with E-state index in [1.807, 2.05) is 37.3 Å². The average molecular weight is 497 g/mol. The molecular formula is C25H21ClN2O5S. The molecule has 1 atom stereocenters. The maximum atomic E-state index is 13.7. The summed E-state index contributed by atoms with van der Waals surface area (Å²) in [5, 5.41) is 0.563. The third-order valence-electron chi connectivity index (χ3n) is 5.75. The van der Waals surface area contributed by atoms with Crippen molar-refractivity contribution in [1.29, 1.82) is 0 Å². The lowest BCUT2D eigenvalue weighted by Gasteiger charge is -2.24. The molecule has 1 unspecified atom stereocenters. The molecule has 0 amide bonds. The fourth-order valence-corrected chi connectivity index (χ4v) is 5.27. The molecule has 0 saturated heterocycles. The molecule has 2 aliphatic rings. The number of fused-ring (bicyclic) bond motifs is 2. The number of halogens is 1. The maximum Gasteiger partial charge on any atom is 0.338 e. The first-order chi connectivity index (χ1) is 16.4. The SMILES string of the molecule is CCOC(=O)C1=C(C)N=c2s/c(=C/c3cc4c(cc3C)OCO4)c(=O)n2C1c1ccc(Cl)cc1. The smallest absolute Gasteiger partial charge is 0.338 e. The van der Waals surface area contributed by atoms with Crippen molar-refractivity contribution >= 4 is 35.0 Å². The van der Waals surface area contributed by atoms with Gasteiger partial charge in [0.1, 0.15) is 0 Å². The van der Waals surface area contributed by atoms with E-state index in [1.54, 1.807) is 30.5 Å². The number of benzene rings is 2. The second kappa shape index (κ2) is 8.77. The lowest BCUT2D eigenvalue weighted by atomic mass is 9.96. The molecule has 0 fully saturated rings. The molecule has 0 spiro atoms. The molecule has 34 heavy (non-hydrogen) atoms. The Bertz CT molecular complexity index is 1520. The van der Waals surface area contributed by atoms with Crippen LogP contribution in [0, 0.1) is 6.92 Å². The van der Waals surface area contributed by atoms with E-state index in [0.717, 1.165) is 16.7 Å². The Balaban J connectivity index is 1.71. The summed E-state index contributed by atoms with van der Waals surface area (Å²) in [5.41, 5.74) is 3.16. The number of hydrogen-bond donors (Lipinski definition) is 0. The van der Waals surface area contributed by atoms with Gasteiger partial charge in [0.05, 0.1) is 28.5 Å². The van der Waals surface area contributed by atoms with Crippen LogP contribution in [0.3, 0.4) is 0 Å². The zero-order chi connectivity index (χ0) is 24.0. The Morgan fingerprint density at radius 2 is 1.94 bits per heavy atom. The first-order valence-corrected chi connectivity index (χ1v) is 11.9. The summed E-state index contributed by atoms with van der Waals surface area (Å²) >= 11 is 7.37. The number of carbonyl (C=O) groups excluding carboxylic acids is 1. The minimum atomic E-state index is -0.674. The molecule has 0 N–H and O–H groups in total. The number of nitrogens with zero attached hydrogens (tertiary/aromatic N) is 2. The van der Waals surface area contributed by atoms with Crippen LogP contribution >= 0.6 is 22.9 Å². The van der Waals surface area contributed by atoms with Gasteiger partial charge in [-0.05, 0) is 67.8 Å². The molecule has 2 aromatic carbocycles. The molecule has 174 valence electrons. The van der Waals surface area contributed by atoms with Gasteiger partial charge in [-0.15, -0.1) is 0 Å². The number of rotatable bonds is 4. The molecule has 0 aliphatic carbocycles. The molecule has 5 rings (SSSR count). The second-order valence-corrected chi connectivity index (χ2v) is 9.36. The number of allylic oxidation sites excluding steroid dienone is 1. The van der Waals surface area contributed by atoms with Gasteiger partial charge >= 0.3 is 5.97 Å².